The van der Waals surface area contributed by atoms with E-state index in [1.807, 2.05) is 20.8 Å². The Bertz CT molecular complexity index is 355. The number of nitrogens with one attached hydrogen (secondary N) is 2. The van der Waals surface area contributed by atoms with Crippen LogP contribution in [0.25, 0.3) is 0 Å². The van der Waals surface area contributed by atoms with Crippen LogP contribution < -0.4 is 11.1 Å². The largest absolute Gasteiger partial charge is 0.346 e. The van der Waals surface area contributed by atoms with Crippen molar-refractivity contribution in [3.8, 4) is 0 Å². The van der Waals surface area contributed by atoms with Gasteiger partial charge in [0.05, 0.1) is 6.04 Å². The lowest BCUT2D eigenvalue weighted by atomic mass is 9.85. The van der Waals surface area contributed by atoms with Crippen molar-refractivity contribution in [1.29, 1.82) is 0 Å². The van der Waals surface area contributed by atoms with E-state index < -0.39 is 0 Å². The van der Waals surface area contributed by atoms with Gasteiger partial charge in [-0.1, -0.05) is 26.0 Å². The minimum absolute atomic E-state index is 0.0906. The van der Waals surface area contributed by atoms with E-state index in [2.05, 4.69) is 25.9 Å². The summed E-state index contributed by atoms with van der Waals surface area (Å²) >= 11 is 0. The number of nitrogens with zero attached hydrogens (tertiary/aromatic N) is 3. The summed E-state index contributed by atoms with van der Waals surface area (Å²) in [6.45, 7) is 7.82. The van der Waals surface area contributed by atoms with E-state index in [9.17, 15) is 4.79 Å². The zero-order valence-corrected chi connectivity index (χ0v) is 10.7. The quantitative estimate of drug-likeness (QED) is 0.693. The van der Waals surface area contributed by atoms with Crippen molar-refractivity contribution in [2.45, 2.75) is 46.2 Å². The Morgan fingerprint density at radius 3 is 2.65 bits per heavy atom. The van der Waals surface area contributed by atoms with E-state index in [1.165, 1.54) is 0 Å². The van der Waals surface area contributed by atoms with Gasteiger partial charge in [-0.3, -0.25) is 4.79 Å². The SMILES string of the molecule is CC(NC(=O)CC(N)C(C)(C)C)c1nn[nH]n1. The zero-order valence-electron chi connectivity index (χ0n) is 10.7. The van der Waals surface area contributed by atoms with Crippen LogP contribution >= 0.6 is 0 Å². The van der Waals surface area contributed by atoms with Gasteiger partial charge in [0.1, 0.15) is 0 Å². The highest BCUT2D eigenvalue weighted by Gasteiger charge is 2.24. The van der Waals surface area contributed by atoms with E-state index in [-0.39, 0.29) is 29.8 Å². The second-order valence-electron chi connectivity index (χ2n) is 5.24. The fourth-order valence-corrected chi connectivity index (χ4v) is 1.22. The molecule has 0 aliphatic heterocycles. The number of aromatic amines is 1. The molecule has 0 spiro atoms. The first-order valence-corrected chi connectivity index (χ1v) is 5.59. The molecule has 1 aromatic heterocycles. The Morgan fingerprint density at radius 2 is 2.18 bits per heavy atom. The summed E-state index contributed by atoms with van der Waals surface area (Å²) in [5, 5.41) is 16.2. The maximum Gasteiger partial charge on any atom is 0.222 e. The minimum Gasteiger partial charge on any atom is -0.346 e. The average molecular weight is 240 g/mol. The highest BCUT2D eigenvalue weighted by molar-refractivity contribution is 5.77. The summed E-state index contributed by atoms with van der Waals surface area (Å²) in [7, 11) is 0. The fraction of sp³-hybridized carbons (Fsp3) is 0.800. The molecule has 0 aliphatic carbocycles. The Hall–Kier alpha value is -1.50. The van der Waals surface area contributed by atoms with Gasteiger partial charge in [-0.15, -0.1) is 10.2 Å². The molecule has 96 valence electrons. The van der Waals surface area contributed by atoms with Crippen LogP contribution in [0.3, 0.4) is 0 Å². The van der Waals surface area contributed by atoms with Crippen LogP contribution in [0.5, 0.6) is 0 Å². The molecule has 0 bridgehead atoms. The monoisotopic (exact) mass is 240 g/mol. The number of carbonyl (C=O) groups is 1. The number of hydrogen-bond acceptors (Lipinski definition) is 5. The molecule has 0 saturated carbocycles. The van der Waals surface area contributed by atoms with E-state index >= 15 is 0 Å². The Labute approximate surface area is 101 Å². The van der Waals surface area contributed by atoms with Gasteiger partial charge >= 0.3 is 0 Å². The van der Waals surface area contributed by atoms with E-state index in [0.29, 0.717) is 5.82 Å². The lowest BCUT2D eigenvalue weighted by Crippen LogP contribution is -2.40. The van der Waals surface area contributed by atoms with E-state index in [4.69, 9.17) is 5.73 Å². The van der Waals surface area contributed by atoms with Gasteiger partial charge in [0, 0.05) is 12.5 Å². The molecule has 17 heavy (non-hydrogen) atoms. The van der Waals surface area contributed by atoms with Crippen molar-refractivity contribution in [3.05, 3.63) is 5.82 Å². The standard InChI is InChI=1S/C10H20N6O/c1-6(9-13-15-16-14-9)12-8(17)5-7(11)10(2,3)4/h6-7H,5,11H2,1-4H3,(H,12,17)(H,13,14,15,16). The molecule has 7 nitrogen and oxygen atoms in total. The minimum atomic E-state index is -0.270. The van der Waals surface area contributed by atoms with Crippen LogP contribution in [0.15, 0.2) is 0 Å². The van der Waals surface area contributed by atoms with Crippen LogP contribution in [0, 0.1) is 5.41 Å². The molecule has 7 heteroatoms. The van der Waals surface area contributed by atoms with Gasteiger partial charge in [-0.2, -0.15) is 5.21 Å². The summed E-state index contributed by atoms with van der Waals surface area (Å²) in [4.78, 5) is 11.7. The Balaban J connectivity index is 2.45. The van der Waals surface area contributed by atoms with Gasteiger partial charge in [0.15, 0.2) is 5.82 Å². The van der Waals surface area contributed by atoms with Crippen molar-refractivity contribution in [3.63, 3.8) is 0 Å². The first-order chi connectivity index (χ1) is 7.80. The summed E-state index contributed by atoms with van der Waals surface area (Å²) in [6.07, 6.45) is 0.283. The maximum atomic E-state index is 11.7. The molecule has 2 unspecified atom stereocenters. The van der Waals surface area contributed by atoms with Crippen molar-refractivity contribution in [1.82, 2.24) is 25.9 Å². The molecule has 1 aromatic rings. The van der Waals surface area contributed by atoms with Crippen LogP contribution in [-0.4, -0.2) is 32.6 Å². The van der Waals surface area contributed by atoms with Crippen LogP contribution in [-0.2, 0) is 4.79 Å². The third-order valence-corrected chi connectivity index (χ3v) is 2.64. The smallest absolute Gasteiger partial charge is 0.222 e. The van der Waals surface area contributed by atoms with Crippen LogP contribution in [0.1, 0.15) is 46.0 Å². The molecule has 0 fully saturated rings. The van der Waals surface area contributed by atoms with E-state index in [1.54, 1.807) is 6.92 Å². The number of hydrogen-bond donors (Lipinski definition) is 3. The molecule has 2 atom stereocenters. The second-order valence-corrected chi connectivity index (χ2v) is 5.24. The van der Waals surface area contributed by atoms with Gasteiger partial charge in [-0.05, 0) is 12.3 Å². The summed E-state index contributed by atoms with van der Waals surface area (Å²) in [5.74, 6) is 0.354. The predicted molar refractivity (Wildman–Crippen MR) is 62.8 cm³/mol. The number of H-pyrrole nitrogens is 1. The molecule has 1 rings (SSSR count). The number of rotatable bonds is 4. The van der Waals surface area contributed by atoms with E-state index in [0.717, 1.165) is 0 Å². The average Bonchev–Trinajstić information content (AvgIpc) is 2.68. The normalized spacial score (nSPS) is 15.4. The number of amides is 1. The first kappa shape index (κ1) is 13.6. The molecule has 1 amide bonds. The van der Waals surface area contributed by atoms with Crippen molar-refractivity contribution in [2.75, 3.05) is 0 Å². The van der Waals surface area contributed by atoms with Crippen LogP contribution in [0.2, 0.25) is 0 Å². The molecule has 1 heterocycles. The van der Waals surface area contributed by atoms with Crippen LogP contribution in [0.4, 0.5) is 0 Å². The van der Waals surface area contributed by atoms with Gasteiger partial charge < -0.3 is 11.1 Å². The molecular weight excluding hydrogens is 220 g/mol. The topological polar surface area (TPSA) is 110 Å². The molecule has 0 radical (unpaired) electrons. The Morgan fingerprint density at radius 1 is 1.53 bits per heavy atom. The summed E-state index contributed by atoms with van der Waals surface area (Å²) in [6, 6.07) is -0.451. The van der Waals surface area contributed by atoms with Crippen molar-refractivity contribution >= 4 is 5.91 Å². The first-order valence-electron chi connectivity index (χ1n) is 5.59. The third-order valence-electron chi connectivity index (χ3n) is 2.64. The van der Waals surface area contributed by atoms with Crippen molar-refractivity contribution in [2.24, 2.45) is 11.1 Å². The highest BCUT2D eigenvalue weighted by Crippen LogP contribution is 2.19. The summed E-state index contributed by atoms with van der Waals surface area (Å²) < 4.78 is 0. The molecular formula is C10H20N6O. The maximum absolute atomic E-state index is 11.7. The molecule has 0 aromatic carbocycles. The Kier molecular flexibility index (Phi) is 4.17. The summed E-state index contributed by atoms with van der Waals surface area (Å²) in [5.41, 5.74) is 5.84. The van der Waals surface area contributed by atoms with Crippen molar-refractivity contribution < 1.29 is 4.79 Å². The number of carbonyl (C=O) groups excluding carboxylic acids is 1. The van der Waals surface area contributed by atoms with Gasteiger partial charge in [-0.25, -0.2) is 0 Å². The number of tetrazole rings is 1. The lowest BCUT2D eigenvalue weighted by molar-refractivity contribution is -0.122. The molecule has 0 aliphatic rings. The van der Waals surface area contributed by atoms with Gasteiger partial charge in [0.2, 0.25) is 5.91 Å². The van der Waals surface area contributed by atoms with Gasteiger partial charge in [0.25, 0.3) is 0 Å². The fourth-order valence-electron chi connectivity index (χ4n) is 1.22. The molecule has 4 N–H and O–H groups in total. The lowest BCUT2D eigenvalue weighted by Gasteiger charge is -2.26. The zero-order chi connectivity index (χ0) is 13.1. The number of aromatic nitrogens is 4. The second kappa shape index (κ2) is 5.22. The number of nitrogens with two attached hydrogens (primary N) is 1. The molecule has 0 saturated heterocycles. The predicted octanol–water partition coefficient (Wildman–Crippen LogP) is 0.140. The third kappa shape index (κ3) is 4.10. The highest BCUT2D eigenvalue weighted by atomic mass is 16.1.